The Morgan fingerprint density at radius 1 is 1.50 bits per heavy atom. The maximum absolute atomic E-state index is 5.71. The average Bonchev–Trinajstić information content (AvgIpc) is 2.40. The van der Waals surface area contributed by atoms with Gasteiger partial charge in [-0.05, 0) is 37.9 Å². The third kappa shape index (κ3) is 3.00. The Kier molecular flexibility index (Phi) is 4.55. The van der Waals surface area contributed by atoms with Crippen molar-refractivity contribution >= 4 is 5.82 Å². The van der Waals surface area contributed by atoms with Crippen molar-refractivity contribution in [3.63, 3.8) is 0 Å². The van der Waals surface area contributed by atoms with Crippen LogP contribution in [0, 0.1) is 0 Å². The Morgan fingerprint density at radius 3 is 2.94 bits per heavy atom. The van der Waals surface area contributed by atoms with E-state index in [9.17, 15) is 0 Å². The minimum absolute atomic E-state index is 0.276. The van der Waals surface area contributed by atoms with Crippen LogP contribution in [0.4, 0.5) is 5.82 Å². The maximum Gasteiger partial charge on any atom is 0.128 e. The van der Waals surface area contributed by atoms with Crippen LogP contribution >= 0.6 is 0 Å². The van der Waals surface area contributed by atoms with Gasteiger partial charge in [-0.3, -0.25) is 0 Å². The lowest BCUT2D eigenvalue weighted by Gasteiger charge is -2.39. The third-order valence-electron chi connectivity index (χ3n) is 3.48. The summed E-state index contributed by atoms with van der Waals surface area (Å²) < 4.78 is 5.71. The van der Waals surface area contributed by atoms with Crippen LogP contribution in [-0.2, 0) is 11.2 Å². The number of ether oxygens (including phenoxy) is 1. The predicted octanol–water partition coefficient (Wildman–Crippen LogP) is 1.59. The van der Waals surface area contributed by atoms with E-state index in [-0.39, 0.29) is 6.10 Å². The molecule has 2 unspecified atom stereocenters. The molecule has 1 aromatic heterocycles. The van der Waals surface area contributed by atoms with Crippen molar-refractivity contribution in [1.82, 2.24) is 4.98 Å². The summed E-state index contributed by atoms with van der Waals surface area (Å²) >= 11 is 0. The number of rotatable bonds is 4. The van der Waals surface area contributed by atoms with Crippen LogP contribution in [0.2, 0.25) is 0 Å². The quantitative estimate of drug-likeness (QED) is 0.880. The number of aromatic nitrogens is 1. The molecule has 100 valence electrons. The van der Waals surface area contributed by atoms with Crippen molar-refractivity contribution in [3.8, 4) is 0 Å². The molecule has 0 bridgehead atoms. The minimum Gasteiger partial charge on any atom is -0.375 e. The smallest absolute Gasteiger partial charge is 0.128 e. The van der Waals surface area contributed by atoms with Gasteiger partial charge < -0.3 is 15.4 Å². The molecule has 2 N–H and O–H groups in total. The first-order valence-corrected chi connectivity index (χ1v) is 6.77. The molecule has 0 amide bonds. The molecule has 1 aliphatic heterocycles. The van der Waals surface area contributed by atoms with Gasteiger partial charge in [0.15, 0.2) is 0 Å². The SMILES string of the molecule is CCC1COC(C)CN1c1ccc(CCN)cn1. The van der Waals surface area contributed by atoms with Crippen LogP contribution in [-0.4, -0.2) is 36.8 Å². The summed E-state index contributed by atoms with van der Waals surface area (Å²) in [5, 5.41) is 0. The van der Waals surface area contributed by atoms with E-state index in [1.54, 1.807) is 0 Å². The minimum atomic E-state index is 0.276. The molecule has 0 saturated carbocycles. The van der Waals surface area contributed by atoms with Gasteiger partial charge in [0, 0.05) is 12.7 Å². The van der Waals surface area contributed by atoms with Crippen LogP contribution in [0.15, 0.2) is 18.3 Å². The summed E-state index contributed by atoms with van der Waals surface area (Å²) in [7, 11) is 0. The van der Waals surface area contributed by atoms with Crippen molar-refractivity contribution in [1.29, 1.82) is 0 Å². The fourth-order valence-electron chi connectivity index (χ4n) is 2.36. The first-order chi connectivity index (χ1) is 8.74. The highest BCUT2D eigenvalue weighted by Gasteiger charge is 2.26. The van der Waals surface area contributed by atoms with Gasteiger partial charge >= 0.3 is 0 Å². The molecule has 1 aliphatic rings. The van der Waals surface area contributed by atoms with E-state index in [4.69, 9.17) is 10.5 Å². The zero-order valence-corrected chi connectivity index (χ0v) is 11.3. The summed E-state index contributed by atoms with van der Waals surface area (Å²) in [6.07, 6.45) is 4.19. The van der Waals surface area contributed by atoms with E-state index in [1.807, 2.05) is 6.20 Å². The first kappa shape index (κ1) is 13.3. The highest BCUT2D eigenvalue weighted by atomic mass is 16.5. The van der Waals surface area contributed by atoms with Gasteiger partial charge in [-0.25, -0.2) is 4.98 Å². The van der Waals surface area contributed by atoms with E-state index in [0.717, 1.165) is 31.8 Å². The Balaban J connectivity index is 2.12. The van der Waals surface area contributed by atoms with Gasteiger partial charge in [0.1, 0.15) is 5.82 Å². The molecule has 0 aliphatic carbocycles. The fourth-order valence-corrected chi connectivity index (χ4v) is 2.36. The molecule has 0 spiro atoms. The van der Waals surface area contributed by atoms with Gasteiger partial charge in [0.05, 0.1) is 18.8 Å². The number of anilines is 1. The molecule has 0 radical (unpaired) electrons. The largest absolute Gasteiger partial charge is 0.375 e. The van der Waals surface area contributed by atoms with Crippen molar-refractivity contribution < 1.29 is 4.74 Å². The molecular formula is C14H23N3O. The zero-order chi connectivity index (χ0) is 13.0. The van der Waals surface area contributed by atoms with Crippen LogP contribution in [0.1, 0.15) is 25.8 Å². The predicted molar refractivity (Wildman–Crippen MR) is 73.8 cm³/mol. The normalized spacial score (nSPS) is 24.3. The topological polar surface area (TPSA) is 51.4 Å². The van der Waals surface area contributed by atoms with Gasteiger partial charge in [-0.15, -0.1) is 0 Å². The standard InChI is InChI=1S/C14H23N3O/c1-3-13-10-18-11(2)9-17(13)14-5-4-12(6-7-15)8-16-14/h4-5,8,11,13H,3,6-7,9-10,15H2,1-2H3. The average molecular weight is 249 g/mol. The molecule has 4 heteroatoms. The fraction of sp³-hybridized carbons (Fsp3) is 0.643. The van der Waals surface area contributed by atoms with Crippen molar-refractivity contribution in [3.05, 3.63) is 23.9 Å². The van der Waals surface area contributed by atoms with Crippen LogP contribution < -0.4 is 10.6 Å². The van der Waals surface area contributed by atoms with Crippen LogP contribution in [0.5, 0.6) is 0 Å². The van der Waals surface area contributed by atoms with Crippen LogP contribution in [0.3, 0.4) is 0 Å². The highest BCUT2D eigenvalue weighted by molar-refractivity contribution is 5.41. The number of pyridine rings is 1. The molecule has 18 heavy (non-hydrogen) atoms. The van der Waals surface area contributed by atoms with Crippen LogP contribution in [0.25, 0.3) is 0 Å². The number of hydrogen-bond donors (Lipinski definition) is 1. The summed E-state index contributed by atoms with van der Waals surface area (Å²) in [4.78, 5) is 6.93. The number of hydrogen-bond acceptors (Lipinski definition) is 4. The first-order valence-electron chi connectivity index (χ1n) is 6.77. The molecular weight excluding hydrogens is 226 g/mol. The molecule has 1 saturated heterocycles. The number of morpholine rings is 1. The van der Waals surface area contributed by atoms with E-state index in [0.29, 0.717) is 12.6 Å². The van der Waals surface area contributed by atoms with Crippen molar-refractivity contribution in [2.75, 3.05) is 24.6 Å². The molecule has 1 fully saturated rings. The third-order valence-corrected chi connectivity index (χ3v) is 3.48. The molecule has 0 aromatic carbocycles. The summed E-state index contributed by atoms with van der Waals surface area (Å²) in [5.74, 6) is 1.05. The van der Waals surface area contributed by atoms with E-state index < -0.39 is 0 Å². The Hall–Kier alpha value is -1.13. The summed E-state index contributed by atoms with van der Waals surface area (Å²) in [5.41, 5.74) is 6.75. The molecule has 1 aromatic rings. The zero-order valence-electron chi connectivity index (χ0n) is 11.3. The van der Waals surface area contributed by atoms with Crippen molar-refractivity contribution in [2.24, 2.45) is 5.73 Å². The second-order valence-corrected chi connectivity index (χ2v) is 4.92. The lowest BCUT2D eigenvalue weighted by atomic mass is 10.1. The molecule has 4 nitrogen and oxygen atoms in total. The van der Waals surface area contributed by atoms with Gasteiger partial charge in [0.25, 0.3) is 0 Å². The highest BCUT2D eigenvalue weighted by Crippen LogP contribution is 2.21. The van der Waals surface area contributed by atoms with Crippen molar-refractivity contribution in [2.45, 2.75) is 38.8 Å². The molecule has 2 heterocycles. The Morgan fingerprint density at radius 2 is 2.33 bits per heavy atom. The Bertz CT molecular complexity index is 366. The second kappa shape index (κ2) is 6.16. The van der Waals surface area contributed by atoms with Gasteiger partial charge in [-0.2, -0.15) is 0 Å². The second-order valence-electron chi connectivity index (χ2n) is 4.92. The van der Waals surface area contributed by atoms with E-state index in [2.05, 4.69) is 35.9 Å². The summed E-state index contributed by atoms with van der Waals surface area (Å²) in [6, 6.07) is 4.67. The van der Waals surface area contributed by atoms with E-state index in [1.165, 1.54) is 5.56 Å². The lowest BCUT2D eigenvalue weighted by Crippen LogP contribution is -2.49. The monoisotopic (exact) mass is 249 g/mol. The number of nitrogens with two attached hydrogens (primary N) is 1. The maximum atomic E-state index is 5.71. The Labute approximate surface area is 109 Å². The van der Waals surface area contributed by atoms with Gasteiger partial charge in [-0.1, -0.05) is 13.0 Å². The number of nitrogens with zero attached hydrogens (tertiary/aromatic N) is 2. The molecule has 2 rings (SSSR count). The van der Waals surface area contributed by atoms with Gasteiger partial charge in [0.2, 0.25) is 0 Å². The lowest BCUT2D eigenvalue weighted by molar-refractivity contribution is 0.0296. The van der Waals surface area contributed by atoms with E-state index >= 15 is 0 Å². The molecule has 2 atom stereocenters. The summed E-state index contributed by atoms with van der Waals surface area (Å²) in [6.45, 7) is 6.69.